The molecule has 0 unspecified atom stereocenters. The number of carbonyl (C=O) groups excluding carboxylic acids is 2. The van der Waals surface area contributed by atoms with Crippen LogP contribution < -0.4 is 19.7 Å². The zero-order valence-electron chi connectivity index (χ0n) is 18.7. The van der Waals surface area contributed by atoms with Gasteiger partial charge in [0.1, 0.15) is 17.2 Å². The first kappa shape index (κ1) is 22.4. The van der Waals surface area contributed by atoms with Gasteiger partial charge in [-0.3, -0.25) is 9.59 Å². The van der Waals surface area contributed by atoms with Gasteiger partial charge in [0.2, 0.25) is 0 Å². The summed E-state index contributed by atoms with van der Waals surface area (Å²) in [7, 11) is 3.05. The first-order valence-electron chi connectivity index (χ1n) is 10.3. The maximum atomic E-state index is 13.7. The van der Waals surface area contributed by atoms with E-state index in [-0.39, 0.29) is 11.3 Å². The Kier molecular flexibility index (Phi) is 6.11. The highest BCUT2D eigenvalue weighted by molar-refractivity contribution is 6.46. The Hall–Kier alpha value is -3.77. The number of halogens is 1. The minimum atomic E-state index is -0.460. The summed E-state index contributed by atoms with van der Waals surface area (Å²) in [4.78, 5) is 28.5. The van der Waals surface area contributed by atoms with E-state index in [1.54, 1.807) is 36.4 Å². The molecule has 2 amide bonds. The van der Waals surface area contributed by atoms with Crippen molar-refractivity contribution in [3.05, 3.63) is 88.1 Å². The Balaban J connectivity index is 1.87. The maximum absolute atomic E-state index is 13.7. The third kappa shape index (κ3) is 4.17. The summed E-state index contributed by atoms with van der Waals surface area (Å²) in [6.45, 7) is 3.85. The Labute approximate surface area is 197 Å². The lowest BCUT2D eigenvalue weighted by Gasteiger charge is -2.17. The smallest absolute Gasteiger partial charge is 0.282 e. The molecule has 0 bridgehead atoms. The fraction of sp³-hybridized carbons (Fsp3) is 0.154. The summed E-state index contributed by atoms with van der Waals surface area (Å²) in [6.07, 6.45) is 0. The van der Waals surface area contributed by atoms with Crippen molar-refractivity contribution in [3.63, 3.8) is 0 Å². The number of anilines is 2. The lowest BCUT2D eigenvalue weighted by molar-refractivity contribution is -0.120. The van der Waals surface area contributed by atoms with Crippen LogP contribution in [0.1, 0.15) is 16.7 Å². The Bertz CT molecular complexity index is 1280. The highest BCUT2D eigenvalue weighted by atomic mass is 35.5. The number of benzene rings is 3. The van der Waals surface area contributed by atoms with Crippen LogP contribution in [0.3, 0.4) is 0 Å². The number of carbonyl (C=O) groups is 2. The number of rotatable bonds is 6. The van der Waals surface area contributed by atoms with Crippen molar-refractivity contribution in [2.75, 3.05) is 24.4 Å². The van der Waals surface area contributed by atoms with Gasteiger partial charge >= 0.3 is 0 Å². The second-order valence-electron chi connectivity index (χ2n) is 7.72. The zero-order valence-corrected chi connectivity index (χ0v) is 19.5. The van der Waals surface area contributed by atoms with Gasteiger partial charge in [-0.15, -0.1) is 0 Å². The predicted molar refractivity (Wildman–Crippen MR) is 130 cm³/mol. The van der Waals surface area contributed by atoms with Gasteiger partial charge in [-0.1, -0.05) is 35.9 Å². The Morgan fingerprint density at radius 2 is 1.48 bits per heavy atom. The number of nitrogens with zero attached hydrogens (tertiary/aromatic N) is 1. The number of hydrogen-bond acceptors (Lipinski definition) is 5. The van der Waals surface area contributed by atoms with E-state index < -0.39 is 11.8 Å². The molecule has 0 spiro atoms. The zero-order chi connectivity index (χ0) is 23.7. The lowest BCUT2D eigenvalue weighted by atomic mass is 10.0. The van der Waals surface area contributed by atoms with Gasteiger partial charge in [0.15, 0.2) is 0 Å². The third-order valence-electron chi connectivity index (χ3n) is 5.35. The molecule has 33 heavy (non-hydrogen) atoms. The van der Waals surface area contributed by atoms with Crippen LogP contribution in [0.25, 0.3) is 5.57 Å². The van der Waals surface area contributed by atoms with Crippen molar-refractivity contribution in [3.8, 4) is 11.5 Å². The molecular weight excluding hydrogens is 440 g/mol. The number of para-hydroxylation sites is 1. The van der Waals surface area contributed by atoms with Gasteiger partial charge in [0.25, 0.3) is 11.8 Å². The molecule has 168 valence electrons. The summed E-state index contributed by atoms with van der Waals surface area (Å²) >= 11 is 6.28. The molecule has 0 radical (unpaired) electrons. The van der Waals surface area contributed by atoms with Crippen molar-refractivity contribution in [1.29, 1.82) is 0 Å². The number of aryl methyl sites for hydroxylation is 2. The molecule has 7 heteroatoms. The number of nitrogens with one attached hydrogen (secondary N) is 1. The van der Waals surface area contributed by atoms with Crippen molar-refractivity contribution in [2.24, 2.45) is 0 Å². The van der Waals surface area contributed by atoms with Gasteiger partial charge in [0, 0.05) is 11.3 Å². The number of methoxy groups -OCH3 is 2. The van der Waals surface area contributed by atoms with Gasteiger partial charge in [-0.05, 0) is 61.4 Å². The molecule has 0 saturated heterocycles. The van der Waals surface area contributed by atoms with Crippen LogP contribution in [0.5, 0.6) is 11.5 Å². The average Bonchev–Trinajstić information content (AvgIpc) is 3.02. The molecule has 1 N–H and O–H groups in total. The SMILES string of the molecule is COc1ccc(NC2=C(c3ccccc3OC)C(=O)N(c3cc(C)cc(C)c3)C2=O)cc1Cl. The second-order valence-corrected chi connectivity index (χ2v) is 8.12. The second kappa shape index (κ2) is 9.00. The monoisotopic (exact) mass is 462 g/mol. The van der Waals surface area contributed by atoms with Crippen LogP contribution in [0.2, 0.25) is 5.02 Å². The molecule has 0 aromatic heterocycles. The normalized spacial score (nSPS) is 13.5. The summed E-state index contributed by atoms with van der Waals surface area (Å²) in [5, 5.41) is 3.49. The van der Waals surface area contributed by atoms with Crippen molar-refractivity contribution in [1.82, 2.24) is 0 Å². The summed E-state index contributed by atoms with van der Waals surface area (Å²) in [5.74, 6) is 0.101. The van der Waals surface area contributed by atoms with E-state index in [4.69, 9.17) is 21.1 Å². The molecule has 0 saturated carbocycles. The van der Waals surface area contributed by atoms with Crippen LogP contribution in [-0.2, 0) is 9.59 Å². The molecule has 1 aliphatic rings. The van der Waals surface area contributed by atoms with Crippen LogP contribution in [-0.4, -0.2) is 26.0 Å². The van der Waals surface area contributed by atoms with Crippen molar-refractivity contribution >= 4 is 40.4 Å². The molecule has 1 heterocycles. The number of hydrogen-bond donors (Lipinski definition) is 1. The Morgan fingerprint density at radius 1 is 0.818 bits per heavy atom. The minimum Gasteiger partial charge on any atom is -0.496 e. The number of amides is 2. The van der Waals surface area contributed by atoms with Gasteiger partial charge in [0.05, 0.1) is 30.5 Å². The average molecular weight is 463 g/mol. The molecule has 0 fully saturated rings. The largest absolute Gasteiger partial charge is 0.496 e. The standard InChI is InChI=1S/C26H23ClN2O4/c1-15-11-16(2)13-18(12-15)29-25(30)23(19-7-5-6-8-21(19)32-3)24(26(29)31)28-17-9-10-22(33-4)20(27)14-17/h5-14,28H,1-4H3. The topological polar surface area (TPSA) is 67.9 Å². The molecule has 1 aliphatic heterocycles. The van der Waals surface area contributed by atoms with Crippen LogP contribution in [0, 0.1) is 13.8 Å². The maximum Gasteiger partial charge on any atom is 0.282 e. The highest BCUT2D eigenvalue weighted by Gasteiger charge is 2.41. The first-order chi connectivity index (χ1) is 15.8. The van der Waals surface area contributed by atoms with Crippen LogP contribution >= 0.6 is 11.6 Å². The highest BCUT2D eigenvalue weighted by Crippen LogP contribution is 2.38. The van der Waals surface area contributed by atoms with E-state index in [1.807, 2.05) is 38.1 Å². The number of imide groups is 1. The molecular formula is C26H23ClN2O4. The first-order valence-corrected chi connectivity index (χ1v) is 10.7. The van der Waals surface area contributed by atoms with E-state index >= 15 is 0 Å². The van der Waals surface area contributed by atoms with Crippen molar-refractivity contribution < 1.29 is 19.1 Å². The van der Waals surface area contributed by atoms with Gasteiger partial charge in [-0.2, -0.15) is 0 Å². The van der Waals surface area contributed by atoms with E-state index in [0.29, 0.717) is 33.5 Å². The molecule has 0 atom stereocenters. The lowest BCUT2D eigenvalue weighted by Crippen LogP contribution is -2.32. The molecule has 3 aromatic carbocycles. The predicted octanol–water partition coefficient (Wildman–Crippen LogP) is 5.37. The quantitative estimate of drug-likeness (QED) is 0.499. The summed E-state index contributed by atoms with van der Waals surface area (Å²) < 4.78 is 10.7. The van der Waals surface area contributed by atoms with Crippen LogP contribution in [0.4, 0.5) is 11.4 Å². The fourth-order valence-corrected chi connectivity index (χ4v) is 4.21. The fourth-order valence-electron chi connectivity index (χ4n) is 3.95. The minimum absolute atomic E-state index is 0.143. The van der Waals surface area contributed by atoms with Crippen molar-refractivity contribution in [2.45, 2.75) is 13.8 Å². The molecule has 6 nitrogen and oxygen atoms in total. The van der Waals surface area contributed by atoms with Crippen LogP contribution in [0.15, 0.2) is 66.4 Å². The summed E-state index contributed by atoms with van der Waals surface area (Å²) in [6, 6.07) is 17.8. The van der Waals surface area contributed by atoms with E-state index in [9.17, 15) is 9.59 Å². The van der Waals surface area contributed by atoms with E-state index in [1.165, 1.54) is 19.1 Å². The molecule has 0 aliphatic carbocycles. The molecule has 4 rings (SSSR count). The summed E-state index contributed by atoms with van der Waals surface area (Å²) in [5.41, 5.74) is 3.85. The van der Waals surface area contributed by atoms with E-state index in [0.717, 1.165) is 11.1 Å². The van der Waals surface area contributed by atoms with E-state index in [2.05, 4.69) is 5.32 Å². The third-order valence-corrected chi connectivity index (χ3v) is 5.64. The Morgan fingerprint density at radius 3 is 2.12 bits per heavy atom. The number of ether oxygens (including phenoxy) is 2. The van der Waals surface area contributed by atoms with Gasteiger partial charge in [-0.25, -0.2) is 4.90 Å². The molecule has 3 aromatic rings. The van der Waals surface area contributed by atoms with Gasteiger partial charge < -0.3 is 14.8 Å².